The van der Waals surface area contributed by atoms with E-state index in [0.29, 0.717) is 5.41 Å². The average molecular weight is 235 g/mol. The molecule has 1 saturated carbocycles. The van der Waals surface area contributed by atoms with E-state index >= 15 is 0 Å². The summed E-state index contributed by atoms with van der Waals surface area (Å²) in [6.07, 6.45) is 14.8. The number of hydrogen-bond acceptors (Lipinski definition) is 1. The summed E-state index contributed by atoms with van der Waals surface area (Å²) in [5, 5.41) is 3.77. The highest BCUT2D eigenvalue weighted by Crippen LogP contribution is 2.35. The molecule has 0 aromatic carbocycles. The van der Waals surface area contributed by atoms with Gasteiger partial charge in [0.1, 0.15) is 0 Å². The van der Waals surface area contributed by atoms with E-state index in [2.05, 4.69) is 25.2 Å². The molecule has 1 nitrogen and oxygen atoms in total. The van der Waals surface area contributed by atoms with Crippen molar-refractivity contribution < 1.29 is 0 Å². The summed E-state index contributed by atoms with van der Waals surface area (Å²) < 4.78 is 0. The second-order valence-corrected chi connectivity index (χ2v) is 6.75. The molecule has 0 unspecified atom stereocenters. The van der Waals surface area contributed by atoms with Crippen LogP contribution in [0, 0.1) is 5.41 Å². The van der Waals surface area contributed by atoms with Crippen LogP contribution < -0.4 is 5.32 Å². The second kappa shape index (κ2) is 6.04. The molecule has 0 saturated heterocycles. The molecule has 0 heterocycles. The lowest BCUT2D eigenvalue weighted by Crippen LogP contribution is -2.36. The zero-order chi connectivity index (χ0) is 12.1. The van der Waals surface area contributed by atoms with Crippen molar-refractivity contribution in [2.45, 2.75) is 77.7 Å². The lowest BCUT2D eigenvalue weighted by molar-refractivity contribution is 0.207. The van der Waals surface area contributed by atoms with Crippen LogP contribution in [-0.2, 0) is 0 Å². The Hall–Kier alpha value is -0.300. The maximum absolute atomic E-state index is 3.77. The van der Waals surface area contributed by atoms with Crippen LogP contribution in [0.4, 0.5) is 0 Å². The van der Waals surface area contributed by atoms with E-state index in [1.807, 2.05) is 0 Å². The molecule has 0 aliphatic heterocycles. The molecule has 2 aliphatic rings. The Morgan fingerprint density at radius 1 is 1.24 bits per heavy atom. The lowest BCUT2D eigenvalue weighted by Gasteiger charge is -2.34. The fourth-order valence-corrected chi connectivity index (χ4v) is 3.17. The van der Waals surface area contributed by atoms with Crippen molar-refractivity contribution >= 4 is 0 Å². The van der Waals surface area contributed by atoms with Gasteiger partial charge in [-0.15, -0.1) is 0 Å². The third-order valence-electron chi connectivity index (χ3n) is 4.60. The molecule has 0 atom stereocenters. The van der Waals surface area contributed by atoms with Crippen LogP contribution in [0.2, 0.25) is 0 Å². The van der Waals surface area contributed by atoms with Crippen LogP contribution in [0.25, 0.3) is 0 Å². The molecular weight excluding hydrogens is 206 g/mol. The van der Waals surface area contributed by atoms with Gasteiger partial charge in [0.15, 0.2) is 0 Å². The summed E-state index contributed by atoms with van der Waals surface area (Å²) in [4.78, 5) is 0. The summed E-state index contributed by atoms with van der Waals surface area (Å²) in [6, 6.07) is 0.798. The number of rotatable bonds is 4. The van der Waals surface area contributed by atoms with Crippen molar-refractivity contribution in [3.05, 3.63) is 11.6 Å². The zero-order valence-electron chi connectivity index (χ0n) is 11.7. The molecule has 2 rings (SSSR count). The van der Waals surface area contributed by atoms with Gasteiger partial charge in [0.2, 0.25) is 0 Å². The monoisotopic (exact) mass is 235 g/mol. The minimum Gasteiger partial charge on any atom is -0.314 e. The van der Waals surface area contributed by atoms with Gasteiger partial charge in [-0.25, -0.2) is 0 Å². The van der Waals surface area contributed by atoms with E-state index in [0.717, 1.165) is 6.04 Å². The summed E-state index contributed by atoms with van der Waals surface area (Å²) in [6.45, 7) is 6.03. The first-order valence-electron chi connectivity index (χ1n) is 7.57. The maximum atomic E-state index is 3.77. The summed E-state index contributed by atoms with van der Waals surface area (Å²) in [7, 11) is 0. The molecule has 1 N–H and O–H groups in total. The van der Waals surface area contributed by atoms with E-state index < -0.39 is 0 Å². The third kappa shape index (κ3) is 4.46. The van der Waals surface area contributed by atoms with Crippen molar-refractivity contribution in [2.24, 2.45) is 5.41 Å². The number of hydrogen-bond donors (Lipinski definition) is 1. The van der Waals surface area contributed by atoms with E-state index in [9.17, 15) is 0 Å². The van der Waals surface area contributed by atoms with Crippen molar-refractivity contribution in [3.8, 4) is 0 Å². The highest BCUT2D eigenvalue weighted by molar-refractivity contribution is 5.05. The highest BCUT2D eigenvalue weighted by atomic mass is 14.9. The molecule has 98 valence electrons. The van der Waals surface area contributed by atoms with Gasteiger partial charge in [0, 0.05) is 6.04 Å². The maximum Gasteiger partial charge on any atom is 0.00675 e. The van der Waals surface area contributed by atoms with Crippen LogP contribution in [0.1, 0.15) is 71.6 Å². The standard InChI is InChI=1S/C16H29N/c1-16(2)11-8-15(9-12-16)17-13-10-14-6-4-3-5-7-14/h6,15,17H,3-5,7-13H2,1-2H3. The molecule has 0 bridgehead atoms. The first-order chi connectivity index (χ1) is 8.16. The first-order valence-corrected chi connectivity index (χ1v) is 7.57. The second-order valence-electron chi connectivity index (χ2n) is 6.75. The van der Waals surface area contributed by atoms with E-state index in [4.69, 9.17) is 0 Å². The molecule has 0 amide bonds. The average Bonchev–Trinajstić information content (AvgIpc) is 2.33. The molecule has 0 aromatic heterocycles. The quantitative estimate of drug-likeness (QED) is 0.711. The van der Waals surface area contributed by atoms with Crippen molar-refractivity contribution in [2.75, 3.05) is 6.54 Å². The van der Waals surface area contributed by atoms with E-state index in [-0.39, 0.29) is 0 Å². The molecule has 0 radical (unpaired) electrons. The van der Waals surface area contributed by atoms with Gasteiger partial charge in [-0.2, -0.15) is 0 Å². The van der Waals surface area contributed by atoms with Crippen LogP contribution in [0.5, 0.6) is 0 Å². The summed E-state index contributed by atoms with van der Waals surface area (Å²) in [5.74, 6) is 0. The van der Waals surface area contributed by atoms with Gasteiger partial charge in [0.25, 0.3) is 0 Å². The zero-order valence-corrected chi connectivity index (χ0v) is 11.7. The SMILES string of the molecule is CC1(C)CCC(NCCC2=CCCCC2)CC1. The Labute approximate surface area is 107 Å². The lowest BCUT2D eigenvalue weighted by atomic mass is 9.75. The van der Waals surface area contributed by atoms with Gasteiger partial charge in [-0.1, -0.05) is 25.5 Å². The van der Waals surface area contributed by atoms with Gasteiger partial charge in [-0.05, 0) is 69.7 Å². The minimum absolute atomic E-state index is 0.601. The fraction of sp³-hybridized carbons (Fsp3) is 0.875. The predicted molar refractivity (Wildman–Crippen MR) is 75.2 cm³/mol. The van der Waals surface area contributed by atoms with Crippen LogP contribution in [0.3, 0.4) is 0 Å². The molecule has 2 aliphatic carbocycles. The van der Waals surface area contributed by atoms with Crippen molar-refractivity contribution in [1.29, 1.82) is 0 Å². The van der Waals surface area contributed by atoms with Crippen molar-refractivity contribution in [1.82, 2.24) is 5.32 Å². The van der Waals surface area contributed by atoms with Crippen LogP contribution in [0.15, 0.2) is 11.6 Å². The van der Waals surface area contributed by atoms with Gasteiger partial charge >= 0.3 is 0 Å². The Balaban J connectivity index is 1.61. The van der Waals surface area contributed by atoms with Gasteiger partial charge in [-0.3, -0.25) is 0 Å². The van der Waals surface area contributed by atoms with E-state index in [1.165, 1.54) is 64.3 Å². The largest absolute Gasteiger partial charge is 0.314 e. The molecule has 0 aromatic rings. The first kappa shape index (κ1) is 13.1. The molecule has 0 spiro atoms. The summed E-state index contributed by atoms with van der Waals surface area (Å²) in [5.41, 5.74) is 2.31. The predicted octanol–water partition coefficient (Wildman–Crippen LogP) is 4.44. The van der Waals surface area contributed by atoms with Crippen LogP contribution in [-0.4, -0.2) is 12.6 Å². The topological polar surface area (TPSA) is 12.0 Å². The Morgan fingerprint density at radius 2 is 2.00 bits per heavy atom. The fourth-order valence-electron chi connectivity index (χ4n) is 3.17. The highest BCUT2D eigenvalue weighted by Gasteiger charge is 2.26. The molecule has 1 fully saturated rings. The normalized spacial score (nSPS) is 25.6. The molecule has 17 heavy (non-hydrogen) atoms. The Bertz CT molecular complexity index is 255. The van der Waals surface area contributed by atoms with Crippen LogP contribution >= 0.6 is 0 Å². The Kier molecular flexibility index (Phi) is 4.67. The smallest absolute Gasteiger partial charge is 0.00675 e. The third-order valence-corrected chi connectivity index (χ3v) is 4.60. The van der Waals surface area contributed by atoms with Crippen molar-refractivity contribution in [3.63, 3.8) is 0 Å². The van der Waals surface area contributed by atoms with Gasteiger partial charge < -0.3 is 5.32 Å². The molecular formula is C16H29N. The Morgan fingerprint density at radius 3 is 2.65 bits per heavy atom. The molecule has 1 heteroatoms. The minimum atomic E-state index is 0.601. The summed E-state index contributed by atoms with van der Waals surface area (Å²) >= 11 is 0. The van der Waals surface area contributed by atoms with E-state index in [1.54, 1.807) is 5.57 Å². The van der Waals surface area contributed by atoms with Gasteiger partial charge in [0.05, 0.1) is 0 Å². The number of allylic oxidation sites excluding steroid dienone is 1. The number of nitrogens with one attached hydrogen (secondary N) is 1.